The van der Waals surface area contributed by atoms with Crippen LogP contribution in [0.4, 0.5) is 0 Å². The number of methoxy groups -OCH3 is 1. The van der Waals surface area contributed by atoms with Gasteiger partial charge in [0.1, 0.15) is 10.6 Å². The maximum Gasteiger partial charge on any atom is 0.244 e. The van der Waals surface area contributed by atoms with Crippen LogP contribution in [-0.2, 0) is 16.6 Å². The van der Waals surface area contributed by atoms with Crippen LogP contribution in [0.15, 0.2) is 23.1 Å². The SMILES string of the molecule is CCC(CSC)NS(=O)(=O)c1cc(CNC)ccc1OC. The van der Waals surface area contributed by atoms with Crippen LogP contribution in [0.2, 0.25) is 0 Å². The molecule has 0 amide bonds. The molecule has 1 aromatic carbocycles. The molecular formula is C14H24N2O3S2. The van der Waals surface area contributed by atoms with Gasteiger partial charge in [-0.1, -0.05) is 13.0 Å². The maximum absolute atomic E-state index is 12.6. The molecule has 0 aliphatic rings. The summed E-state index contributed by atoms with van der Waals surface area (Å²) in [5, 5.41) is 3.01. The number of benzene rings is 1. The molecular weight excluding hydrogens is 308 g/mol. The standard InChI is InChI=1S/C14H24N2O3S2/c1-5-12(10-20-4)16-21(17,18)14-8-11(9-15-2)6-7-13(14)19-3/h6-8,12,15-16H,5,9-10H2,1-4H3. The fourth-order valence-electron chi connectivity index (χ4n) is 1.96. The molecule has 2 N–H and O–H groups in total. The first-order chi connectivity index (χ1) is 9.98. The molecule has 0 aliphatic heterocycles. The molecule has 1 rings (SSSR count). The zero-order chi connectivity index (χ0) is 15.9. The minimum atomic E-state index is -3.59. The zero-order valence-electron chi connectivity index (χ0n) is 13.0. The summed E-state index contributed by atoms with van der Waals surface area (Å²) in [6.07, 6.45) is 2.71. The van der Waals surface area contributed by atoms with Crippen molar-refractivity contribution in [2.75, 3.05) is 26.2 Å². The van der Waals surface area contributed by atoms with Gasteiger partial charge in [0.05, 0.1) is 7.11 Å². The van der Waals surface area contributed by atoms with Gasteiger partial charge in [-0.2, -0.15) is 11.8 Å². The number of thioether (sulfide) groups is 1. The molecule has 0 bridgehead atoms. The minimum Gasteiger partial charge on any atom is -0.495 e. The lowest BCUT2D eigenvalue weighted by Crippen LogP contribution is -2.36. The Morgan fingerprint density at radius 2 is 2.10 bits per heavy atom. The minimum absolute atomic E-state index is 0.0809. The molecule has 1 atom stereocenters. The Balaban J connectivity index is 3.12. The molecule has 0 radical (unpaired) electrons. The lowest BCUT2D eigenvalue weighted by atomic mass is 10.2. The van der Waals surface area contributed by atoms with Crippen LogP contribution in [0.3, 0.4) is 0 Å². The van der Waals surface area contributed by atoms with Crippen molar-refractivity contribution in [3.8, 4) is 5.75 Å². The van der Waals surface area contributed by atoms with Gasteiger partial charge in [0.2, 0.25) is 10.0 Å². The van der Waals surface area contributed by atoms with Gasteiger partial charge in [0.15, 0.2) is 0 Å². The first-order valence-corrected chi connectivity index (χ1v) is 9.69. The lowest BCUT2D eigenvalue weighted by Gasteiger charge is -2.18. The number of hydrogen-bond donors (Lipinski definition) is 2. The van der Waals surface area contributed by atoms with E-state index in [-0.39, 0.29) is 10.9 Å². The fourth-order valence-corrected chi connectivity index (χ4v) is 4.33. The molecule has 0 aromatic heterocycles. The highest BCUT2D eigenvalue weighted by Crippen LogP contribution is 2.25. The highest BCUT2D eigenvalue weighted by Gasteiger charge is 2.23. The Morgan fingerprint density at radius 3 is 2.62 bits per heavy atom. The number of nitrogens with one attached hydrogen (secondary N) is 2. The summed E-state index contributed by atoms with van der Waals surface area (Å²) in [7, 11) is -0.294. The van der Waals surface area contributed by atoms with Gasteiger partial charge in [-0.15, -0.1) is 0 Å². The van der Waals surface area contributed by atoms with E-state index < -0.39 is 10.0 Å². The Morgan fingerprint density at radius 1 is 1.38 bits per heavy atom. The first kappa shape index (κ1) is 18.3. The molecule has 21 heavy (non-hydrogen) atoms. The largest absolute Gasteiger partial charge is 0.495 e. The monoisotopic (exact) mass is 332 g/mol. The van der Waals surface area contributed by atoms with Crippen LogP contribution >= 0.6 is 11.8 Å². The summed E-state index contributed by atoms with van der Waals surface area (Å²) >= 11 is 1.62. The van der Waals surface area contributed by atoms with E-state index in [1.807, 2.05) is 26.3 Å². The van der Waals surface area contributed by atoms with Crippen molar-refractivity contribution < 1.29 is 13.2 Å². The van der Waals surface area contributed by atoms with Crippen molar-refractivity contribution in [1.82, 2.24) is 10.0 Å². The molecule has 0 aliphatic carbocycles. The number of ether oxygens (including phenoxy) is 1. The third-order valence-corrected chi connectivity index (χ3v) is 5.36. The van der Waals surface area contributed by atoms with Crippen molar-refractivity contribution >= 4 is 21.8 Å². The summed E-state index contributed by atoms with van der Waals surface area (Å²) in [4.78, 5) is 0.192. The van der Waals surface area contributed by atoms with Crippen molar-refractivity contribution in [3.63, 3.8) is 0 Å². The Kier molecular flexibility index (Phi) is 7.51. The molecule has 0 heterocycles. The van der Waals surface area contributed by atoms with E-state index in [1.165, 1.54) is 7.11 Å². The third kappa shape index (κ3) is 5.18. The summed E-state index contributed by atoms with van der Waals surface area (Å²) < 4.78 is 33.1. The molecule has 1 unspecified atom stereocenters. The van der Waals surface area contributed by atoms with E-state index in [2.05, 4.69) is 10.0 Å². The third-order valence-electron chi connectivity index (χ3n) is 3.08. The second-order valence-corrected chi connectivity index (χ2v) is 7.29. The van der Waals surface area contributed by atoms with Gasteiger partial charge in [-0.3, -0.25) is 0 Å². The maximum atomic E-state index is 12.6. The highest BCUT2D eigenvalue weighted by atomic mass is 32.2. The van der Waals surface area contributed by atoms with Crippen LogP contribution in [0.5, 0.6) is 5.75 Å². The molecule has 0 saturated heterocycles. The Bertz CT molecular complexity index is 547. The lowest BCUT2D eigenvalue weighted by molar-refractivity contribution is 0.401. The summed E-state index contributed by atoms with van der Waals surface area (Å²) in [6.45, 7) is 2.58. The fraction of sp³-hybridized carbons (Fsp3) is 0.571. The Hall–Kier alpha value is -0.760. The van der Waals surface area contributed by atoms with Crippen molar-refractivity contribution in [2.24, 2.45) is 0 Å². The van der Waals surface area contributed by atoms with Crippen molar-refractivity contribution in [3.05, 3.63) is 23.8 Å². The molecule has 7 heteroatoms. The predicted molar refractivity (Wildman–Crippen MR) is 88.5 cm³/mol. The van der Waals surface area contributed by atoms with Crippen LogP contribution in [-0.4, -0.2) is 40.6 Å². The second kappa shape index (κ2) is 8.63. The molecule has 5 nitrogen and oxygen atoms in total. The first-order valence-electron chi connectivity index (χ1n) is 6.81. The average Bonchev–Trinajstić information content (AvgIpc) is 2.47. The summed E-state index contributed by atoms with van der Waals surface area (Å²) in [5.74, 6) is 1.11. The van der Waals surface area contributed by atoms with Crippen LogP contribution < -0.4 is 14.8 Å². The van der Waals surface area contributed by atoms with E-state index in [9.17, 15) is 8.42 Å². The molecule has 120 valence electrons. The van der Waals surface area contributed by atoms with Gasteiger partial charge in [-0.25, -0.2) is 13.1 Å². The van der Waals surface area contributed by atoms with E-state index in [0.29, 0.717) is 12.3 Å². The van der Waals surface area contributed by atoms with E-state index in [0.717, 1.165) is 17.7 Å². The number of sulfonamides is 1. The molecule has 0 saturated carbocycles. The van der Waals surface area contributed by atoms with Crippen LogP contribution in [0.25, 0.3) is 0 Å². The quantitative estimate of drug-likeness (QED) is 0.722. The smallest absolute Gasteiger partial charge is 0.244 e. The van der Waals surface area contributed by atoms with Crippen LogP contribution in [0, 0.1) is 0 Å². The number of rotatable bonds is 9. The van der Waals surface area contributed by atoms with E-state index in [4.69, 9.17) is 4.74 Å². The van der Waals surface area contributed by atoms with E-state index >= 15 is 0 Å². The molecule has 0 fully saturated rings. The van der Waals surface area contributed by atoms with E-state index in [1.54, 1.807) is 23.9 Å². The summed E-state index contributed by atoms with van der Waals surface area (Å²) in [5.41, 5.74) is 0.900. The molecule has 1 aromatic rings. The Labute approximate surface area is 131 Å². The van der Waals surface area contributed by atoms with Crippen molar-refractivity contribution in [2.45, 2.75) is 30.8 Å². The predicted octanol–water partition coefficient (Wildman–Crippen LogP) is 1.83. The molecule has 0 spiro atoms. The average molecular weight is 332 g/mol. The van der Waals surface area contributed by atoms with Gasteiger partial charge in [-0.05, 0) is 37.4 Å². The zero-order valence-corrected chi connectivity index (χ0v) is 14.6. The summed E-state index contributed by atoms with van der Waals surface area (Å²) in [6, 6.07) is 5.12. The van der Waals surface area contributed by atoms with Crippen LogP contribution in [0.1, 0.15) is 18.9 Å². The number of hydrogen-bond acceptors (Lipinski definition) is 5. The second-order valence-electron chi connectivity index (χ2n) is 4.70. The topological polar surface area (TPSA) is 67.4 Å². The van der Waals surface area contributed by atoms with Crippen molar-refractivity contribution in [1.29, 1.82) is 0 Å². The van der Waals surface area contributed by atoms with Gasteiger partial charge in [0.25, 0.3) is 0 Å². The van der Waals surface area contributed by atoms with Gasteiger partial charge < -0.3 is 10.1 Å². The van der Waals surface area contributed by atoms with Gasteiger partial charge >= 0.3 is 0 Å². The normalized spacial score (nSPS) is 13.1. The highest BCUT2D eigenvalue weighted by molar-refractivity contribution is 7.98. The van der Waals surface area contributed by atoms with Gasteiger partial charge in [0, 0.05) is 18.3 Å².